The Balaban J connectivity index is 2.38. The summed E-state index contributed by atoms with van der Waals surface area (Å²) in [7, 11) is 0. The van der Waals surface area contributed by atoms with E-state index in [1.807, 2.05) is 13.0 Å². The van der Waals surface area contributed by atoms with E-state index in [9.17, 15) is 4.79 Å². The first kappa shape index (κ1) is 10.0. The molecule has 0 aromatic rings. The Morgan fingerprint density at radius 1 is 1.69 bits per heavy atom. The maximum atomic E-state index is 11.2. The van der Waals surface area contributed by atoms with Crippen LogP contribution in [0, 0.1) is 5.92 Å². The molecule has 0 aromatic heterocycles. The minimum Gasteiger partial charge on any atom is -0.326 e. The van der Waals surface area contributed by atoms with Gasteiger partial charge >= 0.3 is 0 Å². The van der Waals surface area contributed by atoms with Crippen molar-refractivity contribution in [3.63, 3.8) is 0 Å². The van der Waals surface area contributed by atoms with Crippen LogP contribution < -0.4 is 5.32 Å². The molecule has 0 spiro atoms. The van der Waals surface area contributed by atoms with E-state index in [0.29, 0.717) is 12.3 Å². The Morgan fingerprint density at radius 2 is 2.46 bits per heavy atom. The van der Waals surface area contributed by atoms with E-state index in [-0.39, 0.29) is 5.91 Å². The van der Waals surface area contributed by atoms with Gasteiger partial charge in [-0.2, -0.15) is 0 Å². The van der Waals surface area contributed by atoms with Gasteiger partial charge in [0.25, 0.3) is 0 Å². The molecule has 0 bridgehead atoms. The molecule has 1 aliphatic carbocycles. The second-order valence-electron chi connectivity index (χ2n) is 3.53. The summed E-state index contributed by atoms with van der Waals surface area (Å²) in [5.41, 5.74) is 0.955. The van der Waals surface area contributed by atoms with Gasteiger partial charge in [-0.15, -0.1) is 0 Å². The minimum absolute atomic E-state index is 0.118. The molecule has 0 aromatic carbocycles. The zero-order chi connectivity index (χ0) is 9.68. The second-order valence-corrected chi connectivity index (χ2v) is 3.53. The van der Waals surface area contributed by atoms with E-state index >= 15 is 0 Å². The monoisotopic (exact) mass is 179 g/mol. The van der Waals surface area contributed by atoms with Gasteiger partial charge in [-0.05, 0) is 24.8 Å². The van der Waals surface area contributed by atoms with Crippen molar-refractivity contribution in [3.05, 3.63) is 23.9 Å². The van der Waals surface area contributed by atoms with Gasteiger partial charge < -0.3 is 5.32 Å². The number of hydrogen-bond acceptors (Lipinski definition) is 1. The fourth-order valence-electron chi connectivity index (χ4n) is 1.27. The van der Waals surface area contributed by atoms with Crippen LogP contribution in [0.3, 0.4) is 0 Å². The van der Waals surface area contributed by atoms with Crippen molar-refractivity contribution in [2.75, 3.05) is 0 Å². The molecule has 2 heteroatoms. The lowest BCUT2D eigenvalue weighted by Crippen LogP contribution is -2.22. The van der Waals surface area contributed by atoms with Crippen LogP contribution in [0.15, 0.2) is 23.9 Å². The zero-order valence-corrected chi connectivity index (χ0v) is 8.34. The molecular formula is C11H17NO. The average Bonchev–Trinajstić information content (AvgIpc) is 2.09. The smallest absolute Gasteiger partial charge is 0.224 e. The quantitative estimate of drug-likeness (QED) is 0.708. The summed E-state index contributed by atoms with van der Waals surface area (Å²) >= 11 is 0. The van der Waals surface area contributed by atoms with E-state index in [4.69, 9.17) is 0 Å². The molecule has 1 N–H and O–H groups in total. The number of carbonyl (C=O) groups excluding carboxylic acids is 1. The maximum Gasteiger partial charge on any atom is 0.224 e. The van der Waals surface area contributed by atoms with Gasteiger partial charge in [-0.1, -0.05) is 26.0 Å². The van der Waals surface area contributed by atoms with Crippen LogP contribution in [0.1, 0.15) is 33.1 Å². The fraction of sp³-hybridized carbons (Fsp3) is 0.545. The van der Waals surface area contributed by atoms with Crippen LogP contribution in [0.4, 0.5) is 0 Å². The molecule has 0 fully saturated rings. The minimum atomic E-state index is 0.118. The van der Waals surface area contributed by atoms with Gasteiger partial charge in [0.1, 0.15) is 0 Å². The van der Waals surface area contributed by atoms with E-state index in [1.54, 1.807) is 0 Å². The molecule has 0 aliphatic heterocycles. The highest BCUT2D eigenvalue weighted by atomic mass is 16.1. The summed E-state index contributed by atoms with van der Waals surface area (Å²) < 4.78 is 0. The van der Waals surface area contributed by atoms with Crippen molar-refractivity contribution in [1.82, 2.24) is 5.32 Å². The van der Waals surface area contributed by atoms with Crippen molar-refractivity contribution < 1.29 is 4.79 Å². The van der Waals surface area contributed by atoms with Gasteiger partial charge in [-0.25, -0.2) is 0 Å². The molecular weight excluding hydrogens is 162 g/mol. The summed E-state index contributed by atoms with van der Waals surface area (Å²) in [6.07, 6.45) is 8.74. The third-order valence-corrected chi connectivity index (χ3v) is 2.07. The lowest BCUT2D eigenvalue weighted by molar-refractivity contribution is -0.120. The Bertz CT molecular complexity index is 240. The molecule has 0 saturated carbocycles. The Morgan fingerprint density at radius 3 is 3.00 bits per heavy atom. The lowest BCUT2D eigenvalue weighted by atomic mass is 10.0. The van der Waals surface area contributed by atoms with E-state index in [1.165, 1.54) is 0 Å². The summed E-state index contributed by atoms with van der Waals surface area (Å²) in [4.78, 5) is 11.2. The van der Waals surface area contributed by atoms with E-state index < -0.39 is 0 Å². The molecule has 13 heavy (non-hydrogen) atoms. The Labute approximate surface area is 79.7 Å². The molecule has 1 amide bonds. The lowest BCUT2D eigenvalue weighted by Gasteiger charge is -2.12. The third-order valence-electron chi connectivity index (χ3n) is 2.07. The van der Waals surface area contributed by atoms with Gasteiger partial charge in [0, 0.05) is 12.1 Å². The van der Waals surface area contributed by atoms with Crippen LogP contribution in [-0.4, -0.2) is 5.91 Å². The fourth-order valence-corrected chi connectivity index (χ4v) is 1.27. The van der Waals surface area contributed by atoms with Crippen molar-refractivity contribution >= 4 is 5.91 Å². The number of amides is 1. The van der Waals surface area contributed by atoms with Crippen LogP contribution in [-0.2, 0) is 4.79 Å². The SMILES string of the molecule is CCCC(=O)NC1=CCC(C)C=C1. The molecule has 0 saturated heterocycles. The number of carbonyl (C=O) groups is 1. The Kier molecular flexibility index (Phi) is 3.74. The predicted octanol–water partition coefficient (Wildman–Crippen LogP) is 2.38. The maximum absolute atomic E-state index is 11.2. The van der Waals surface area contributed by atoms with Gasteiger partial charge in [0.05, 0.1) is 0 Å². The van der Waals surface area contributed by atoms with Crippen LogP contribution in [0.25, 0.3) is 0 Å². The molecule has 1 atom stereocenters. The number of rotatable bonds is 3. The molecule has 0 heterocycles. The molecule has 1 aliphatic rings. The van der Waals surface area contributed by atoms with Crippen molar-refractivity contribution in [1.29, 1.82) is 0 Å². The van der Waals surface area contributed by atoms with Crippen molar-refractivity contribution in [2.24, 2.45) is 5.92 Å². The average molecular weight is 179 g/mol. The van der Waals surface area contributed by atoms with Gasteiger partial charge in [-0.3, -0.25) is 4.79 Å². The highest BCUT2D eigenvalue weighted by molar-refractivity contribution is 5.78. The van der Waals surface area contributed by atoms with Crippen LogP contribution in [0.5, 0.6) is 0 Å². The summed E-state index contributed by atoms with van der Waals surface area (Å²) in [5, 5.41) is 2.88. The summed E-state index contributed by atoms with van der Waals surface area (Å²) in [5.74, 6) is 0.722. The zero-order valence-electron chi connectivity index (χ0n) is 8.34. The first-order chi connectivity index (χ1) is 6.22. The molecule has 1 unspecified atom stereocenters. The topological polar surface area (TPSA) is 29.1 Å². The van der Waals surface area contributed by atoms with Crippen LogP contribution >= 0.6 is 0 Å². The summed E-state index contributed by atoms with van der Waals surface area (Å²) in [6.45, 7) is 4.17. The number of hydrogen-bond donors (Lipinski definition) is 1. The van der Waals surface area contributed by atoms with Gasteiger partial charge in [0.2, 0.25) is 5.91 Å². The summed E-state index contributed by atoms with van der Waals surface area (Å²) in [6, 6.07) is 0. The third kappa shape index (κ3) is 3.45. The van der Waals surface area contributed by atoms with Gasteiger partial charge in [0.15, 0.2) is 0 Å². The number of nitrogens with one attached hydrogen (secondary N) is 1. The van der Waals surface area contributed by atoms with Crippen LogP contribution in [0.2, 0.25) is 0 Å². The highest BCUT2D eigenvalue weighted by Gasteiger charge is 2.05. The Hall–Kier alpha value is -1.05. The highest BCUT2D eigenvalue weighted by Crippen LogP contribution is 2.13. The largest absolute Gasteiger partial charge is 0.326 e. The molecule has 2 nitrogen and oxygen atoms in total. The second kappa shape index (κ2) is 4.85. The van der Waals surface area contributed by atoms with Crippen molar-refractivity contribution in [2.45, 2.75) is 33.1 Å². The molecule has 0 radical (unpaired) electrons. The van der Waals surface area contributed by atoms with E-state index in [2.05, 4.69) is 24.4 Å². The first-order valence-electron chi connectivity index (χ1n) is 4.90. The van der Waals surface area contributed by atoms with Crippen molar-refractivity contribution in [3.8, 4) is 0 Å². The first-order valence-corrected chi connectivity index (χ1v) is 4.90. The predicted molar refractivity (Wildman–Crippen MR) is 54.1 cm³/mol. The molecule has 72 valence electrons. The van der Waals surface area contributed by atoms with E-state index in [0.717, 1.165) is 18.5 Å². The standard InChI is InChI=1S/C11H17NO/c1-3-4-11(13)12-10-7-5-9(2)6-8-10/h5,7-9H,3-4,6H2,1-2H3,(H,12,13). The molecule has 1 rings (SSSR count). The number of allylic oxidation sites excluding steroid dienone is 3. The normalized spacial score (nSPS) is 21.1.